The Morgan fingerprint density at radius 3 is 2.83 bits per heavy atom. The minimum atomic E-state index is -0.544. The van der Waals surface area contributed by atoms with Gasteiger partial charge in [0.1, 0.15) is 0 Å². The summed E-state index contributed by atoms with van der Waals surface area (Å²) in [6.45, 7) is 0. The average molecular weight is 187 g/mol. The van der Waals surface area contributed by atoms with Crippen LogP contribution in [0.5, 0.6) is 0 Å². The lowest BCUT2D eigenvalue weighted by Crippen LogP contribution is -2.12. The molecule has 0 aromatic rings. The Labute approximate surface area is 74.6 Å². The van der Waals surface area contributed by atoms with Gasteiger partial charge in [-0.05, 0) is 12.2 Å². The van der Waals surface area contributed by atoms with Crippen LogP contribution in [-0.2, 0) is 14.3 Å². The van der Waals surface area contributed by atoms with Crippen molar-refractivity contribution in [3.05, 3.63) is 22.8 Å². The van der Waals surface area contributed by atoms with E-state index in [2.05, 4.69) is 4.74 Å². The van der Waals surface area contributed by atoms with E-state index in [1.807, 2.05) is 0 Å². The maximum atomic E-state index is 11.0. The third-order valence-electron chi connectivity index (χ3n) is 1.49. The number of rotatable bonds is 1. The van der Waals surface area contributed by atoms with Crippen molar-refractivity contribution in [2.75, 3.05) is 7.11 Å². The van der Waals surface area contributed by atoms with Gasteiger partial charge in [0.2, 0.25) is 0 Å². The summed E-state index contributed by atoms with van der Waals surface area (Å²) in [5.41, 5.74) is 0.228. The molecule has 0 unspecified atom stereocenters. The summed E-state index contributed by atoms with van der Waals surface area (Å²) in [6.07, 6.45) is 2.77. The van der Waals surface area contributed by atoms with Gasteiger partial charge in [-0.2, -0.15) is 0 Å². The number of hydrogen-bond donors (Lipinski definition) is 0. The Morgan fingerprint density at radius 1 is 1.58 bits per heavy atom. The van der Waals surface area contributed by atoms with Crippen molar-refractivity contribution >= 4 is 23.4 Å². The molecule has 1 aliphatic rings. The minimum absolute atomic E-state index is 0.0298. The highest BCUT2D eigenvalue weighted by molar-refractivity contribution is 6.34. The molecule has 0 radical (unpaired) electrons. The number of carbonyl (C=O) groups excluding carboxylic acids is 2. The first kappa shape index (κ1) is 9.00. The van der Waals surface area contributed by atoms with E-state index in [4.69, 9.17) is 11.6 Å². The maximum Gasteiger partial charge on any atom is 0.335 e. The summed E-state index contributed by atoms with van der Waals surface area (Å²) in [5, 5.41) is 0.279. The summed E-state index contributed by atoms with van der Waals surface area (Å²) in [4.78, 5) is 21.8. The first-order valence-electron chi connectivity index (χ1n) is 3.33. The second-order valence-electron chi connectivity index (χ2n) is 2.29. The van der Waals surface area contributed by atoms with Crippen LogP contribution in [0.25, 0.3) is 0 Å². The van der Waals surface area contributed by atoms with Gasteiger partial charge in [0.25, 0.3) is 0 Å². The van der Waals surface area contributed by atoms with Crippen LogP contribution in [0.1, 0.15) is 6.42 Å². The number of methoxy groups -OCH3 is 1. The molecule has 1 aliphatic carbocycles. The molecule has 0 amide bonds. The molecule has 0 aromatic carbocycles. The SMILES string of the molecule is COC(=O)C1=C(Cl)C=CC(=O)C1. The van der Waals surface area contributed by atoms with Crippen molar-refractivity contribution in [2.24, 2.45) is 0 Å². The zero-order chi connectivity index (χ0) is 9.14. The summed E-state index contributed by atoms with van der Waals surface area (Å²) < 4.78 is 4.44. The number of hydrogen-bond acceptors (Lipinski definition) is 3. The smallest absolute Gasteiger partial charge is 0.335 e. The van der Waals surface area contributed by atoms with E-state index < -0.39 is 5.97 Å². The number of ketones is 1. The number of esters is 1. The normalized spacial score (nSPS) is 16.7. The van der Waals surface area contributed by atoms with Crippen molar-refractivity contribution < 1.29 is 14.3 Å². The molecule has 0 N–H and O–H groups in total. The quantitative estimate of drug-likeness (QED) is 0.578. The molecule has 1 rings (SSSR count). The number of halogens is 1. The number of ether oxygens (including phenoxy) is 1. The summed E-state index contributed by atoms with van der Waals surface area (Å²) in [5.74, 6) is -0.683. The van der Waals surface area contributed by atoms with Crippen LogP contribution in [0.15, 0.2) is 22.8 Å². The van der Waals surface area contributed by atoms with Gasteiger partial charge < -0.3 is 4.74 Å². The van der Waals surface area contributed by atoms with Crippen LogP contribution in [0, 0.1) is 0 Å². The van der Waals surface area contributed by atoms with Gasteiger partial charge in [-0.3, -0.25) is 4.79 Å². The number of allylic oxidation sites excluding steroid dienone is 3. The lowest BCUT2D eigenvalue weighted by molar-refractivity contribution is -0.137. The molecule has 0 saturated heterocycles. The van der Waals surface area contributed by atoms with Gasteiger partial charge in [-0.25, -0.2) is 4.79 Å². The molecule has 0 fully saturated rings. The third-order valence-corrected chi connectivity index (χ3v) is 1.84. The molecule has 0 aliphatic heterocycles. The Morgan fingerprint density at radius 2 is 2.25 bits per heavy atom. The zero-order valence-electron chi connectivity index (χ0n) is 6.46. The first-order chi connectivity index (χ1) is 5.65. The Bertz CT molecular complexity index is 289. The van der Waals surface area contributed by atoms with Crippen LogP contribution >= 0.6 is 11.6 Å². The predicted molar refractivity (Wildman–Crippen MR) is 43.7 cm³/mol. The molecular weight excluding hydrogens is 180 g/mol. The van der Waals surface area contributed by atoms with Gasteiger partial charge in [0.15, 0.2) is 5.78 Å². The topological polar surface area (TPSA) is 43.4 Å². The second kappa shape index (κ2) is 3.54. The third kappa shape index (κ3) is 1.74. The van der Waals surface area contributed by atoms with E-state index in [1.54, 1.807) is 0 Å². The fourth-order valence-corrected chi connectivity index (χ4v) is 1.08. The standard InChI is InChI=1S/C8H7ClO3/c1-12-8(11)6-4-5(10)2-3-7(6)9/h2-3H,4H2,1H3. The fourth-order valence-electron chi connectivity index (χ4n) is 0.877. The monoisotopic (exact) mass is 186 g/mol. The highest BCUT2D eigenvalue weighted by atomic mass is 35.5. The highest BCUT2D eigenvalue weighted by Crippen LogP contribution is 2.20. The largest absolute Gasteiger partial charge is 0.466 e. The highest BCUT2D eigenvalue weighted by Gasteiger charge is 2.19. The predicted octanol–water partition coefficient (Wildman–Crippen LogP) is 1.18. The molecule has 0 aromatic heterocycles. The molecule has 3 nitrogen and oxygen atoms in total. The number of carbonyl (C=O) groups is 2. The van der Waals surface area contributed by atoms with Crippen molar-refractivity contribution in [1.29, 1.82) is 0 Å². The lowest BCUT2D eigenvalue weighted by atomic mass is 10.0. The van der Waals surface area contributed by atoms with Crippen molar-refractivity contribution in [3.63, 3.8) is 0 Å². The molecule has 0 heterocycles. The van der Waals surface area contributed by atoms with Gasteiger partial charge in [-0.15, -0.1) is 0 Å². The van der Waals surface area contributed by atoms with Gasteiger partial charge >= 0.3 is 5.97 Å². The molecule has 12 heavy (non-hydrogen) atoms. The molecular formula is C8H7ClO3. The Hall–Kier alpha value is -1.09. The van der Waals surface area contributed by atoms with Gasteiger partial charge in [0, 0.05) is 6.42 Å². The first-order valence-corrected chi connectivity index (χ1v) is 3.71. The molecule has 64 valence electrons. The van der Waals surface area contributed by atoms with Crippen LogP contribution in [0.4, 0.5) is 0 Å². The van der Waals surface area contributed by atoms with Crippen LogP contribution in [0.2, 0.25) is 0 Å². The average Bonchev–Trinajstić information content (AvgIpc) is 2.08. The molecule has 0 bridgehead atoms. The van der Waals surface area contributed by atoms with E-state index in [0.29, 0.717) is 0 Å². The van der Waals surface area contributed by atoms with Crippen molar-refractivity contribution in [1.82, 2.24) is 0 Å². The molecule has 4 heteroatoms. The van der Waals surface area contributed by atoms with Crippen LogP contribution < -0.4 is 0 Å². The fraction of sp³-hybridized carbons (Fsp3) is 0.250. The summed E-state index contributed by atoms with van der Waals surface area (Å²) in [6, 6.07) is 0. The zero-order valence-corrected chi connectivity index (χ0v) is 7.22. The summed E-state index contributed by atoms with van der Waals surface area (Å²) in [7, 11) is 1.25. The van der Waals surface area contributed by atoms with E-state index >= 15 is 0 Å². The molecule has 0 spiro atoms. The maximum absolute atomic E-state index is 11.0. The van der Waals surface area contributed by atoms with E-state index in [1.165, 1.54) is 19.3 Å². The Kier molecular flexibility index (Phi) is 2.65. The van der Waals surface area contributed by atoms with Crippen molar-refractivity contribution in [2.45, 2.75) is 6.42 Å². The minimum Gasteiger partial charge on any atom is -0.466 e. The van der Waals surface area contributed by atoms with Crippen LogP contribution in [-0.4, -0.2) is 18.9 Å². The Balaban J connectivity index is 2.93. The molecule has 0 saturated carbocycles. The van der Waals surface area contributed by atoms with E-state index in [-0.39, 0.29) is 22.8 Å². The van der Waals surface area contributed by atoms with E-state index in [0.717, 1.165) is 0 Å². The van der Waals surface area contributed by atoms with Crippen LogP contribution in [0.3, 0.4) is 0 Å². The lowest BCUT2D eigenvalue weighted by Gasteiger charge is -2.07. The second-order valence-corrected chi connectivity index (χ2v) is 2.70. The van der Waals surface area contributed by atoms with Crippen molar-refractivity contribution in [3.8, 4) is 0 Å². The van der Waals surface area contributed by atoms with E-state index in [9.17, 15) is 9.59 Å². The molecule has 0 atom stereocenters. The van der Waals surface area contributed by atoms with Gasteiger partial charge in [-0.1, -0.05) is 11.6 Å². The van der Waals surface area contributed by atoms with Gasteiger partial charge in [0.05, 0.1) is 17.7 Å². The summed E-state index contributed by atoms with van der Waals surface area (Å²) >= 11 is 5.66.